The summed E-state index contributed by atoms with van der Waals surface area (Å²) in [5.41, 5.74) is 4.46. The van der Waals surface area contributed by atoms with Crippen molar-refractivity contribution in [1.82, 2.24) is 0 Å². The number of carbonyl (C=O) groups excluding carboxylic acids is 1. The highest BCUT2D eigenvalue weighted by molar-refractivity contribution is 9.10. The summed E-state index contributed by atoms with van der Waals surface area (Å²) >= 11 is 3.36. The molecule has 0 saturated carbocycles. The fourth-order valence-corrected chi connectivity index (χ4v) is 5.12. The molecule has 3 aromatic carbocycles. The number of amides is 1. The second-order valence-electron chi connectivity index (χ2n) is 7.79. The van der Waals surface area contributed by atoms with Gasteiger partial charge in [0.1, 0.15) is 5.58 Å². The third-order valence-electron chi connectivity index (χ3n) is 5.27. The monoisotopic (exact) mass is 526 g/mol. The Bertz CT molecular complexity index is 1440. The molecular weight excluding hydrogens is 504 g/mol. The van der Waals surface area contributed by atoms with E-state index in [1.54, 1.807) is 30.5 Å². The minimum atomic E-state index is -3.84. The summed E-state index contributed by atoms with van der Waals surface area (Å²) in [6.07, 6.45) is 2.61. The predicted molar refractivity (Wildman–Crippen MR) is 134 cm³/mol. The largest absolute Gasteiger partial charge is 0.464 e. The lowest BCUT2D eigenvalue weighted by molar-refractivity contribution is -0.115. The Morgan fingerprint density at radius 1 is 1.06 bits per heavy atom. The minimum Gasteiger partial charge on any atom is -0.464 e. The smallest absolute Gasteiger partial charge is 0.262 e. The van der Waals surface area contributed by atoms with Crippen LogP contribution in [0, 0.1) is 6.92 Å². The topological polar surface area (TPSA) is 88.4 Å². The summed E-state index contributed by atoms with van der Waals surface area (Å²) in [6, 6.07) is 17.5. The zero-order chi connectivity index (χ0) is 23.6. The Hall–Kier alpha value is -3.10. The van der Waals surface area contributed by atoms with Gasteiger partial charge in [-0.25, -0.2) is 8.42 Å². The molecule has 0 unspecified atom stereocenters. The number of rotatable bonds is 7. The summed E-state index contributed by atoms with van der Waals surface area (Å²) in [6.45, 7) is 3.95. The van der Waals surface area contributed by atoms with Gasteiger partial charge in [-0.15, -0.1) is 0 Å². The van der Waals surface area contributed by atoms with E-state index in [-0.39, 0.29) is 17.2 Å². The van der Waals surface area contributed by atoms with Crippen LogP contribution < -0.4 is 10.0 Å². The van der Waals surface area contributed by atoms with Crippen molar-refractivity contribution < 1.29 is 17.6 Å². The second-order valence-corrected chi connectivity index (χ2v) is 10.3. The Labute approximate surface area is 201 Å². The molecule has 0 bridgehead atoms. The molecule has 0 atom stereocenters. The molecule has 0 aliphatic rings. The van der Waals surface area contributed by atoms with Crippen LogP contribution >= 0.6 is 15.9 Å². The molecule has 0 aliphatic carbocycles. The van der Waals surface area contributed by atoms with Gasteiger partial charge in [-0.2, -0.15) is 0 Å². The number of benzene rings is 3. The first kappa shape index (κ1) is 23.1. The molecule has 33 heavy (non-hydrogen) atoms. The number of sulfonamides is 1. The number of halogens is 1. The average molecular weight is 527 g/mol. The van der Waals surface area contributed by atoms with E-state index in [2.05, 4.69) is 32.9 Å². The van der Waals surface area contributed by atoms with Gasteiger partial charge in [0.15, 0.2) is 0 Å². The lowest BCUT2D eigenvalue weighted by atomic mass is 10.1. The number of anilines is 2. The lowest BCUT2D eigenvalue weighted by Crippen LogP contribution is -2.16. The van der Waals surface area contributed by atoms with Crippen molar-refractivity contribution in [1.29, 1.82) is 0 Å². The van der Waals surface area contributed by atoms with Gasteiger partial charge in [0, 0.05) is 21.1 Å². The van der Waals surface area contributed by atoms with Crippen LogP contribution in [0.15, 0.2) is 80.7 Å². The molecule has 0 saturated heterocycles. The van der Waals surface area contributed by atoms with Crippen LogP contribution in [0.3, 0.4) is 0 Å². The molecule has 1 heterocycles. The van der Waals surface area contributed by atoms with E-state index in [4.69, 9.17) is 4.42 Å². The number of hydrogen-bond donors (Lipinski definition) is 2. The number of furan rings is 1. The van der Waals surface area contributed by atoms with Crippen LogP contribution in [-0.2, 0) is 27.7 Å². The molecule has 0 fully saturated rings. The maximum absolute atomic E-state index is 12.9. The van der Waals surface area contributed by atoms with Crippen molar-refractivity contribution in [3.63, 3.8) is 0 Å². The van der Waals surface area contributed by atoms with Crippen LogP contribution in [0.5, 0.6) is 0 Å². The summed E-state index contributed by atoms with van der Waals surface area (Å²) in [7, 11) is -3.84. The first-order valence-corrected chi connectivity index (χ1v) is 12.7. The molecule has 1 amide bonds. The molecule has 2 N–H and O–H groups in total. The molecule has 4 rings (SSSR count). The molecule has 170 valence electrons. The van der Waals surface area contributed by atoms with E-state index in [9.17, 15) is 13.2 Å². The third-order valence-corrected chi connectivity index (χ3v) is 7.33. The van der Waals surface area contributed by atoms with E-state index >= 15 is 0 Å². The van der Waals surface area contributed by atoms with Crippen molar-refractivity contribution in [2.45, 2.75) is 31.6 Å². The van der Waals surface area contributed by atoms with Crippen molar-refractivity contribution in [3.8, 4) is 0 Å². The van der Waals surface area contributed by atoms with Gasteiger partial charge >= 0.3 is 0 Å². The Balaban J connectivity index is 1.50. The fraction of sp³-hybridized carbons (Fsp3) is 0.160. The summed E-state index contributed by atoms with van der Waals surface area (Å²) < 4.78 is 34.6. The van der Waals surface area contributed by atoms with Crippen LogP contribution in [0.25, 0.3) is 11.0 Å². The highest BCUT2D eigenvalue weighted by Gasteiger charge is 2.17. The van der Waals surface area contributed by atoms with Gasteiger partial charge in [0.25, 0.3) is 10.0 Å². The number of aryl methyl sites for hydroxylation is 2. The summed E-state index contributed by atoms with van der Waals surface area (Å²) in [4.78, 5) is 12.7. The van der Waals surface area contributed by atoms with Crippen LogP contribution in [0.4, 0.5) is 11.4 Å². The first-order valence-electron chi connectivity index (χ1n) is 10.4. The molecule has 0 radical (unpaired) electrons. The maximum atomic E-state index is 12.9. The molecular formula is C25H23BrN2O4S. The van der Waals surface area contributed by atoms with Crippen molar-refractivity contribution in [2.24, 2.45) is 0 Å². The Kier molecular flexibility index (Phi) is 6.58. The zero-order valence-corrected chi connectivity index (χ0v) is 20.6. The predicted octanol–water partition coefficient (Wildman–Crippen LogP) is 6.05. The number of fused-ring (bicyclic) bond motifs is 1. The summed E-state index contributed by atoms with van der Waals surface area (Å²) in [5.74, 6) is -0.263. The zero-order valence-electron chi connectivity index (χ0n) is 18.2. The highest BCUT2D eigenvalue weighted by atomic mass is 79.9. The quantitative estimate of drug-likeness (QED) is 0.306. The SMILES string of the molecule is CCc1ccc2c(CC(=O)Nc3cccc(S(=O)(=O)Nc4cc(C)ccc4Br)c3)coc2c1. The standard InChI is InChI=1S/C25H23BrN2O4S/c1-3-17-8-9-21-18(15-32-24(21)12-17)13-25(29)27-19-5-4-6-20(14-19)33(30,31)28-23-11-16(2)7-10-22(23)26/h4-12,14-15,28H,3,13H2,1-2H3,(H,27,29). The normalized spacial score (nSPS) is 11.5. The number of carbonyl (C=O) groups is 1. The lowest BCUT2D eigenvalue weighted by Gasteiger charge is -2.12. The van der Waals surface area contributed by atoms with Crippen LogP contribution in [0.1, 0.15) is 23.6 Å². The van der Waals surface area contributed by atoms with Crippen LogP contribution in [0.2, 0.25) is 0 Å². The molecule has 0 aliphatic heterocycles. The molecule has 4 aromatic rings. The molecule has 8 heteroatoms. The Morgan fingerprint density at radius 3 is 2.67 bits per heavy atom. The van der Waals surface area contributed by atoms with E-state index in [0.717, 1.165) is 34.1 Å². The minimum absolute atomic E-state index is 0.0505. The van der Waals surface area contributed by atoms with E-state index in [0.29, 0.717) is 15.8 Å². The molecule has 6 nitrogen and oxygen atoms in total. The first-order chi connectivity index (χ1) is 15.7. The molecule has 1 aromatic heterocycles. The van der Waals surface area contributed by atoms with E-state index in [1.165, 1.54) is 12.1 Å². The number of nitrogens with one attached hydrogen (secondary N) is 2. The average Bonchev–Trinajstić information content (AvgIpc) is 3.18. The number of hydrogen-bond acceptors (Lipinski definition) is 4. The van der Waals surface area contributed by atoms with E-state index in [1.807, 2.05) is 31.2 Å². The van der Waals surface area contributed by atoms with Crippen molar-refractivity contribution in [2.75, 3.05) is 10.0 Å². The van der Waals surface area contributed by atoms with Gasteiger partial charge in [-0.1, -0.05) is 31.2 Å². The Morgan fingerprint density at radius 2 is 1.88 bits per heavy atom. The highest BCUT2D eigenvalue weighted by Crippen LogP contribution is 2.27. The van der Waals surface area contributed by atoms with Crippen LogP contribution in [-0.4, -0.2) is 14.3 Å². The van der Waals surface area contributed by atoms with Gasteiger partial charge in [-0.05, 0) is 76.8 Å². The summed E-state index contributed by atoms with van der Waals surface area (Å²) in [5, 5.41) is 3.68. The third kappa shape index (κ3) is 5.29. The van der Waals surface area contributed by atoms with Crippen molar-refractivity contribution in [3.05, 3.63) is 88.1 Å². The van der Waals surface area contributed by atoms with Gasteiger partial charge in [0.2, 0.25) is 5.91 Å². The molecule has 0 spiro atoms. The van der Waals surface area contributed by atoms with E-state index < -0.39 is 10.0 Å². The maximum Gasteiger partial charge on any atom is 0.262 e. The second kappa shape index (κ2) is 9.41. The van der Waals surface area contributed by atoms with Gasteiger partial charge < -0.3 is 9.73 Å². The van der Waals surface area contributed by atoms with Gasteiger partial charge in [0.05, 0.1) is 23.3 Å². The fourth-order valence-electron chi connectivity index (χ4n) is 3.52. The van der Waals surface area contributed by atoms with Crippen molar-refractivity contribution >= 4 is 54.2 Å². The van der Waals surface area contributed by atoms with Gasteiger partial charge in [-0.3, -0.25) is 9.52 Å².